The number of carbonyl (C=O) groups is 2. The van der Waals surface area contributed by atoms with Crippen molar-refractivity contribution in [1.82, 2.24) is 0 Å². The van der Waals surface area contributed by atoms with Crippen LogP contribution in [0, 0.1) is 11.8 Å². The topological polar surface area (TPSA) is 75.6 Å². The average Bonchev–Trinajstić information content (AvgIpc) is 2.68. The van der Waals surface area contributed by atoms with Crippen LogP contribution >= 0.6 is 0 Å². The minimum atomic E-state index is -1.06. The molecule has 2 aromatic carbocycles. The lowest BCUT2D eigenvalue weighted by Gasteiger charge is -2.24. The predicted molar refractivity (Wildman–Crippen MR) is 104 cm³/mol. The highest BCUT2D eigenvalue weighted by Crippen LogP contribution is 2.30. The zero-order valence-electron chi connectivity index (χ0n) is 15.3. The molecule has 0 saturated heterocycles. The smallest absolute Gasteiger partial charge is 0.316 e. The summed E-state index contributed by atoms with van der Waals surface area (Å²) in [6.07, 6.45) is 5.87. The van der Waals surface area contributed by atoms with Crippen LogP contribution < -0.4 is 10.1 Å². The third kappa shape index (κ3) is 5.58. The van der Waals surface area contributed by atoms with Gasteiger partial charge in [0.05, 0.1) is 0 Å². The summed E-state index contributed by atoms with van der Waals surface area (Å²) in [5.41, 5.74) is 0.531. The summed E-state index contributed by atoms with van der Waals surface area (Å²) >= 11 is 0. The van der Waals surface area contributed by atoms with Crippen LogP contribution in [0.2, 0.25) is 0 Å². The molecule has 0 aromatic heterocycles. The van der Waals surface area contributed by atoms with Gasteiger partial charge in [-0.3, -0.25) is 9.59 Å². The predicted octanol–water partition coefficient (Wildman–Crippen LogP) is 5.09. The van der Waals surface area contributed by atoms with Crippen LogP contribution in [0.5, 0.6) is 11.5 Å². The first kappa shape index (κ1) is 19.0. The van der Waals surface area contributed by atoms with Crippen LogP contribution in [-0.2, 0) is 9.59 Å². The van der Waals surface area contributed by atoms with Crippen molar-refractivity contribution in [3.63, 3.8) is 0 Å². The standard InChI is InChI=1S/C22H25NO4/c24-21(20(22(25)26)14-16-8-3-1-4-9-16)23-17-10-7-13-19(15-17)27-18-11-5-2-6-12-18/h2,5-7,10-13,15-16,20H,1,3-4,8-9,14H2,(H,23,24)(H,25,26). The third-order valence-corrected chi connectivity index (χ3v) is 4.99. The van der Waals surface area contributed by atoms with E-state index in [1.54, 1.807) is 24.3 Å². The maximum atomic E-state index is 12.6. The van der Waals surface area contributed by atoms with Crippen molar-refractivity contribution in [3.05, 3.63) is 54.6 Å². The van der Waals surface area contributed by atoms with Gasteiger partial charge in [-0.2, -0.15) is 0 Å². The van der Waals surface area contributed by atoms with Crippen LogP contribution in [-0.4, -0.2) is 17.0 Å². The first-order valence-electron chi connectivity index (χ1n) is 9.48. The second kappa shape index (κ2) is 9.21. The van der Waals surface area contributed by atoms with E-state index < -0.39 is 17.8 Å². The minimum absolute atomic E-state index is 0.318. The number of amides is 1. The number of anilines is 1. The van der Waals surface area contributed by atoms with E-state index in [1.165, 1.54) is 6.42 Å². The van der Waals surface area contributed by atoms with E-state index in [-0.39, 0.29) is 0 Å². The molecule has 5 nitrogen and oxygen atoms in total. The van der Waals surface area contributed by atoms with Gasteiger partial charge >= 0.3 is 5.97 Å². The van der Waals surface area contributed by atoms with Gasteiger partial charge < -0.3 is 15.2 Å². The number of para-hydroxylation sites is 1. The van der Waals surface area contributed by atoms with Crippen molar-refractivity contribution in [1.29, 1.82) is 0 Å². The molecule has 1 aliphatic carbocycles. The van der Waals surface area contributed by atoms with Gasteiger partial charge in [0.15, 0.2) is 0 Å². The molecular formula is C22H25NO4. The SMILES string of the molecule is O=C(O)C(CC1CCCCC1)C(=O)Nc1cccc(Oc2ccccc2)c1. The molecule has 2 N–H and O–H groups in total. The van der Waals surface area contributed by atoms with Crippen molar-refractivity contribution in [2.75, 3.05) is 5.32 Å². The number of nitrogens with one attached hydrogen (secondary N) is 1. The lowest BCUT2D eigenvalue weighted by Crippen LogP contribution is -2.31. The molecule has 1 saturated carbocycles. The Morgan fingerprint density at radius 3 is 2.41 bits per heavy atom. The Hall–Kier alpha value is -2.82. The van der Waals surface area contributed by atoms with Crippen LogP contribution in [0.3, 0.4) is 0 Å². The zero-order valence-corrected chi connectivity index (χ0v) is 15.3. The van der Waals surface area contributed by atoms with Crippen LogP contribution in [0.4, 0.5) is 5.69 Å². The molecule has 1 aliphatic rings. The molecule has 27 heavy (non-hydrogen) atoms. The molecular weight excluding hydrogens is 342 g/mol. The van der Waals surface area contributed by atoms with Crippen LogP contribution in [0.25, 0.3) is 0 Å². The average molecular weight is 367 g/mol. The number of rotatable bonds is 7. The van der Waals surface area contributed by atoms with Gasteiger partial charge in [-0.25, -0.2) is 0 Å². The molecule has 1 unspecified atom stereocenters. The molecule has 0 heterocycles. The number of hydrogen-bond donors (Lipinski definition) is 2. The highest BCUT2D eigenvalue weighted by molar-refractivity contribution is 6.04. The Morgan fingerprint density at radius 2 is 1.70 bits per heavy atom. The normalized spacial score (nSPS) is 15.7. The molecule has 0 bridgehead atoms. The Morgan fingerprint density at radius 1 is 1.00 bits per heavy atom. The number of carboxylic acid groups (broad SMARTS) is 1. The van der Waals surface area contributed by atoms with Gasteiger partial charge in [0.25, 0.3) is 0 Å². The molecule has 0 spiro atoms. The summed E-state index contributed by atoms with van der Waals surface area (Å²) in [5, 5.41) is 12.3. The van der Waals surface area contributed by atoms with E-state index in [1.807, 2.05) is 30.3 Å². The number of carboxylic acids is 1. The summed E-state index contributed by atoms with van der Waals surface area (Å²) in [7, 11) is 0. The van der Waals surface area contributed by atoms with Crippen molar-refractivity contribution in [2.24, 2.45) is 11.8 Å². The van der Waals surface area contributed by atoms with E-state index in [9.17, 15) is 14.7 Å². The Bertz CT molecular complexity index is 769. The van der Waals surface area contributed by atoms with E-state index in [0.29, 0.717) is 29.5 Å². The lowest BCUT2D eigenvalue weighted by molar-refractivity contribution is -0.146. The highest BCUT2D eigenvalue weighted by Gasteiger charge is 2.30. The van der Waals surface area contributed by atoms with E-state index in [0.717, 1.165) is 25.7 Å². The molecule has 142 valence electrons. The lowest BCUT2D eigenvalue weighted by atomic mass is 9.82. The zero-order chi connectivity index (χ0) is 19.1. The van der Waals surface area contributed by atoms with Gasteiger partial charge in [0, 0.05) is 11.8 Å². The second-order valence-corrected chi connectivity index (χ2v) is 7.06. The van der Waals surface area contributed by atoms with Crippen molar-refractivity contribution < 1.29 is 19.4 Å². The molecule has 2 aromatic rings. The fraction of sp³-hybridized carbons (Fsp3) is 0.364. The van der Waals surface area contributed by atoms with Crippen molar-refractivity contribution in [2.45, 2.75) is 38.5 Å². The number of carbonyl (C=O) groups excluding carboxylic acids is 1. The molecule has 1 atom stereocenters. The minimum Gasteiger partial charge on any atom is -0.481 e. The maximum absolute atomic E-state index is 12.6. The largest absolute Gasteiger partial charge is 0.481 e. The number of aliphatic carboxylic acids is 1. The third-order valence-electron chi connectivity index (χ3n) is 4.99. The van der Waals surface area contributed by atoms with E-state index in [4.69, 9.17) is 4.74 Å². The van der Waals surface area contributed by atoms with Crippen molar-refractivity contribution in [3.8, 4) is 11.5 Å². The molecule has 0 aliphatic heterocycles. The van der Waals surface area contributed by atoms with Gasteiger partial charge in [0.2, 0.25) is 5.91 Å². The number of ether oxygens (including phenoxy) is 1. The summed E-state index contributed by atoms with van der Waals surface area (Å²) in [4.78, 5) is 24.2. The quantitative estimate of drug-likeness (QED) is 0.669. The highest BCUT2D eigenvalue weighted by atomic mass is 16.5. The molecule has 5 heteroatoms. The molecule has 3 rings (SSSR count). The summed E-state index contributed by atoms with van der Waals surface area (Å²) in [6, 6.07) is 16.3. The van der Waals surface area contributed by atoms with Crippen LogP contribution in [0.15, 0.2) is 54.6 Å². The fourth-order valence-corrected chi connectivity index (χ4v) is 3.57. The Balaban J connectivity index is 1.64. The summed E-state index contributed by atoms with van der Waals surface area (Å²) < 4.78 is 5.76. The molecule has 1 fully saturated rings. The van der Waals surface area contributed by atoms with Gasteiger partial charge in [-0.1, -0.05) is 56.4 Å². The van der Waals surface area contributed by atoms with Gasteiger partial charge in [-0.15, -0.1) is 0 Å². The maximum Gasteiger partial charge on any atom is 0.316 e. The van der Waals surface area contributed by atoms with Crippen LogP contribution in [0.1, 0.15) is 38.5 Å². The number of hydrogen-bond acceptors (Lipinski definition) is 3. The van der Waals surface area contributed by atoms with Gasteiger partial charge in [0.1, 0.15) is 17.4 Å². The monoisotopic (exact) mass is 367 g/mol. The molecule has 0 radical (unpaired) electrons. The number of benzene rings is 2. The summed E-state index contributed by atoms with van der Waals surface area (Å²) in [6.45, 7) is 0. The fourth-order valence-electron chi connectivity index (χ4n) is 3.57. The van der Waals surface area contributed by atoms with E-state index in [2.05, 4.69) is 5.32 Å². The van der Waals surface area contributed by atoms with E-state index >= 15 is 0 Å². The Labute approximate surface area is 159 Å². The molecule has 1 amide bonds. The Kier molecular flexibility index (Phi) is 6.47. The van der Waals surface area contributed by atoms with Gasteiger partial charge in [-0.05, 0) is 36.6 Å². The first-order chi connectivity index (χ1) is 13.1. The first-order valence-corrected chi connectivity index (χ1v) is 9.48. The second-order valence-electron chi connectivity index (χ2n) is 7.06. The summed E-state index contributed by atoms with van der Waals surface area (Å²) in [5.74, 6) is -0.954. The van der Waals surface area contributed by atoms with Crippen molar-refractivity contribution >= 4 is 17.6 Å².